The average molecular weight is 522 g/mol. The van der Waals surface area contributed by atoms with Crippen molar-refractivity contribution in [3.63, 3.8) is 0 Å². The topological polar surface area (TPSA) is 49.3 Å². The van der Waals surface area contributed by atoms with Gasteiger partial charge in [0.25, 0.3) is 0 Å². The Hall–Kier alpha value is -2.42. The molecule has 162 valence electrons. The summed E-state index contributed by atoms with van der Waals surface area (Å²) in [6.45, 7) is 3.34. The molecule has 0 bridgehead atoms. The second-order valence-electron chi connectivity index (χ2n) is 6.98. The number of guanidine groups is 1. The Morgan fingerprint density at radius 3 is 2.53 bits per heavy atom. The minimum Gasteiger partial charge on any atom is -0.497 e. The molecule has 0 spiro atoms. The number of hydrogen-bond acceptors (Lipinski definition) is 4. The zero-order chi connectivity index (χ0) is 20.6. The van der Waals surface area contributed by atoms with Crippen LogP contribution < -0.4 is 19.7 Å². The lowest BCUT2D eigenvalue weighted by atomic mass is 10.1. The summed E-state index contributed by atoms with van der Waals surface area (Å²) in [5, 5.41) is 3.46. The first-order valence-corrected chi connectivity index (χ1v) is 9.76. The van der Waals surface area contributed by atoms with Gasteiger partial charge in [-0.3, -0.25) is 4.99 Å². The maximum Gasteiger partial charge on any atom is 0.193 e. The molecule has 2 aromatic rings. The third kappa shape index (κ3) is 6.04. The summed E-state index contributed by atoms with van der Waals surface area (Å²) >= 11 is 0. The zero-order valence-corrected chi connectivity index (χ0v) is 20.4. The smallest absolute Gasteiger partial charge is 0.193 e. The molecule has 1 N–H and O–H groups in total. The van der Waals surface area contributed by atoms with Gasteiger partial charge < -0.3 is 24.6 Å². The number of methoxy groups -OCH3 is 2. The van der Waals surface area contributed by atoms with Crippen molar-refractivity contribution >= 4 is 35.6 Å². The average Bonchev–Trinajstić information content (AvgIpc) is 3.29. The predicted octanol–water partition coefficient (Wildman–Crippen LogP) is 3.91. The van der Waals surface area contributed by atoms with Crippen LogP contribution in [0.5, 0.6) is 11.5 Å². The molecule has 0 aliphatic carbocycles. The van der Waals surface area contributed by atoms with Crippen LogP contribution in [0.3, 0.4) is 0 Å². The normalized spacial score (nSPS) is 13.1. The number of benzene rings is 2. The standard InChI is InChI=1S/C23H30N4O2.HI/c1-24-23(26(2)17-19-10-11-21(28-3)15-22(19)29-4)25-16-18-8-7-9-20(14-18)27-12-5-6-13-27;/h5-11,14-15H,12-13,16-17H2,1-4H3,(H,24,25);1H. The third-order valence-electron chi connectivity index (χ3n) is 5.02. The molecule has 0 fully saturated rings. The summed E-state index contributed by atoms with van der Waals surface area (Å²) in [5.41, 5.74) is 3.55. The Bertz CT molecular complexity index is 877. The lowest BCUT2D eigenvalue weighted by molar-refractivity contribution is 0.382. The van der Waals surface area contributed by atoms with E-state index in [1.54, 1.807) is 21.3 Å². The first kappa shape index (κ1) is 23.9. The maximum absolute atomic E-state index is 5.52. The number of rotatable bonds is 7. The number of halogens is 1. The number of hydrogen-bond donors (Lipinski definition) is 1. The molecule has 7 heteroatoms. The van der Waals surface area contributed by atoms with Crippen LogP contribution in [0.25, 0.3) is 0 Å². The van der Waals surface area contributed by atoms with Gasteiger partial charge in [-0.1, -0.05) is 24.3 Å². The molecule has 0 saturated heterocycles. The summed E-state index contributed by atoms with van der Waals surface area (Å²) < 4.78 is 10.8. The Morgan fingerprint density at radius 1 is 1.10 bits per heavy atom. The number of ether oxygens (including phenoxy) is 2. The Kier molecular flexibility index (Phi) is 9.29. The molecule has 0 amide bonds. The number of nitrogens with one attached hydrogen (secondary N) is 1. The molecule has 0 atom stereocenters. The van der Waals surface area contributed by atoms with Crippen molar-refractivity contribution in [2.45, 2.75) is 13.1 Å². The van der Waals surface area contributed by atoms with Gasteiger partial charge in [0.05, 0.1) is 14.2 Å². The van der Waals surface area contributed by atoms with E-state index in [1.807, 2.05) is 25.2 Å². The second kappa shape index (κ2) is 11.7. The molecule has 0 radical (unpaired) electrons. The van der Waals surface area contributed by atoms with Crippen LogP contribution >= 0.6 is 24.0 Å². The van der Waals surface area contributed by atoms with Gasteiger partial charge in [-0.05, 0) is 29.8 Å². The van der Waals surface area contributed by atoms with Crippen LogP contribution in [-0.2, 0) is 13.1 Å². The number of nitrogens with zero attached hydrogens (tertiary/aromatic N) is 3. The monoisotopic (exact) mass is 522 g/mol. The highest BCUT2D eigenvalue weighted by Crippen LogP contribution is 2.25. The van der Waals surface area contributed by atoms with E-state index in [2.05, 4.69) is 56.5 Å². The fraction of sp³-hybridized carbons (Fsp3) is 0.348. The Morgan fingerprint density at radius 2 is 1.87 bits per heavy atom. The van der Waals surface area contributed by atoms with Crippen LogP contribution in [0.15, 0.2) is 59.6 Å². The van der Waals surface area contributed by atoms with E-state index < -0.39 is 0 Å². The van der Waals surface area contributed by atoms with E-state index in [0.29, 0.717) is 13.1 Å². The third-order valence-corrected chi connectivity index (χ3v) is 5.02. The van der Waals surface area contributed by atoms with E-state index in [-0.39, 0.29) is 24.0 Å². The highest BCUT2D eigenvalue weighted by atomic mass is 127. The van der Waals surface area contributed by atoms with Crippen LogP contribution in [0, 0.1) is 0 Å². The van der Waals surface area contributed by atoms with Gasteiger partial charge in [0, 0.05) is 57.6 Å². The second-order valence-corrected chi connectivity index (χ2v) is 6.98. The summed E-state index contributed by atoms with van der Waals surface area (Å²) in [6.07, 6.45) is 4.41. The van der Waals surface area contributed by atoms with Gasteiger partial charge in [-0.15, -0.1) is 24.0 Å². The highest BCUT2D eigenvalue weighted by molar-refractivity contribution is 14.0. The van der Waals surface area contributed by atoms with E-state index in [1.165, 1.54) is 11.3 Å². The minimum absolute atomic E-state index is 0. The van der Waals surface area contributed by atoms with Gasteiger partial charge in [0.1, 0.15) is 11.5 Å². The number of aliphatic imine (C=N–C) groups is 1. The van der Waals surface area contributed by atoms with Crippen LogP contribution in [0.2, 0.25) is 0 Å². The van der Waals surface area contributed by atoms with Crippen molar-refractivity contribution in [1.82, 2.24) is 10.2 Å². The fourth-order valence-electron chi connectivity index (χ4n) is 3.43. The highest BCUT2D eigenvalue weighted by Gasteiger charge is 2.12. The molecule has 0 unspecified atom stereocenters. The quantitative estimate of drug-likeness (QED) is 0.259. The summed E-state index contributed by atoms with van der Waals surface area (Å²) in [4.78, 5) is 8.86. The number of anilines is 1. The molecular formula is C23H31IN4O2. The zero-order valence-electron chi connectivity index (χ0n) is 18.1. The molecule has 6 nitrogen and oxygen atoms in total. The first-order valence-electron chi connectivity index (χ1n) is 9.76. The van der Waals surface area contributed by atoms with Crippen molar-refractivity contribution in [3.05, 3.63) is 65.7 Å². The molecule has 3 rings (SSSR count). The largest absolute Gasteiger partial charge is 0.497 e. The van der Waals surface area contributed by atoms with E-state index >= 15 is 0 Å². The fourth-order valence-corrected chi connectivity index (χ4v) is 3.43. The maximum atomic E-state index is 5.52. The summed E-state index contributed by atoms with van der Waals surface area (Å²) in [7, 11) is 7.15. The lowest BCUT2D eigenvalue weighted by Crippen LogP contribution is -2.38. The van der Waals surface area contributed by atoms with Gasteiger partial charge in [0.2, 0.25) is 0 Å². The van der Waals surface area contributed by atoms with Crippen molar-refractivity contribution in [2.75, 3.05) is 46.3 Å². The molecule has 30 heavy (non-hydrogen) atoms. The Balaban J connectivity index is 0.00000320. The van der Waals surface area contributed by atoms with Crippen molar-refractivity contribution < 1.29 is 9.47 Å². The molecule has 0 saturated carbocycles. The lowest BCUT2D eigenvalue weighted by Gasteiger charge is -2.24. The molecule has 1 aliphatic heterocycles. The molecule has 0 aromatic heterocycles. The molecule has 2 aromatic carbocycles. The van der Waals surface area contributed by atoms with E-state index in [0.717, 1.165) is 36.1 Å². The van der Waals surface area contributed by atoms with Gasteiger partial charge in [0.15, 0.2) is 5.96 Å². The molecule has 1 heterocycles. The van der Waals surface area contributed by atoms with E-state index in [9.17, 15) is 0 Å². The predicted molar refractivity (Wildman–Crippen MR) is 134 cm³/mol. The molecular weight excluding hydrogens is 491 g/mol. The van der Waals surface area contributed by atoms with Crippen LogP contribution in [0.4, 0.5) is 5.69 Å². The van der Waals surface area contributed by atoms with Gasteiger partial charge in [-0.25, -0.2) is 0 Å². The SMILES string of the molecule is CN=C(NCc1cccc(N2CC=CC2)c1)N(C)Cc1ccc(OC)cc1OC.I. The van der Waals surface area contributed by atoms with Crippen LogP contribution in [0.1, 0.15) is 11.1 Å². The summed E-state index contributed by atoms with van der Waals surface area (Å²) in [6, 6.07) is 14.5. The van der Waals surface area contributed by atoms with Gasteiger partial charge >= 0.3 is 0 Å². The Labute approximate surface area is 196 Å². The van der Waals surface area contributed by atoms with Crippen molar-refractivity contribution in [2.24, 2.45) is 4.99 Å². The van der Waals surface area contributed by atoms with E-state index in [4.69, 9.17) is 9.47 Å². The summed E-state index contributed by atoms with van der Waals surface area (Å²) in [5.74, 6) is 2.42. The minimum atomic E-state index is 0. The first-order chi connectivity index (χ1) is 14.1. The van der Waals surface area contributed by atoms with Crippen LogP contribution in [-0.4, -0.2) is 52.3 Å². The van der Waals surface area contributed by atoms with Crippen molar-refractivity contribution in [1.29, 1.82) is 0 Å². The molecule has 1 aliphatic rings. The van der Waals surface area contributed by atoms with Gasteiger partial charge in [-0.2, -0.15) is 0 Å². The van der Waals surface area contributed by atoms with Crippen molar-refractivity contribution in [3.8, 4) is 11.5 Å².